The van der Waals surface area contributed by atoms with E-state index in [-0.39, 0.29) is 0 Å². The average molecular weight is 250 g/mol. The van der Waals surface area contributed by atoms with E-state index in [0.29, 0.717) is 5.54 Å². The Morgan fingerprint density at radius 1 is 0.944 bits per heavy atom. The van der Waals surface area contributed by atoms with Gasteiger partial charge in [0.05, 0.1) is 0 Å². The third kappa shape index (κ3) is 3.28. The van der Waals surface area contributed by atoms with Crippen molar-refractivity contribution in [2.45, 2.75) is 58.4 Å². The topological polar surface area (TPSA) is 6.48 Å². The largest absolute Gasteiger partial charge is 0.375 e. The van der Waals surface area contributed by atoms with E-state index in [1.54, 1.807) is 0 Å². The van der Waals surface area contributed by atoms with Gasteiger partial charge in [-0.25, -0.2) is 0 Å². The van der Waals surface area contributed by atoms with Crippen molar-refractivity contribution in [2.75, 3.05) is 26.2 Å². The first-order valence-electron chi connectivity index (χ1n) is 7.67. The molecule has 0 bridgehead atoms. The summed E-state index contributed by atoms with van der Waals surface area (Å²) in [6, 6.07) is 0. The van der Waals surface area contributed by atoms with E-state index in [1.807, 2.05) is 0 Å². The predicted octanol–water partition coefficient (Wildman–Crippen LogP) is 3.50. The van der Waals surface area contributed by atoms with E-state index in [0.717, 1.165) is 5.92 Å². The molecule has 0 aromatic heterocycles. The second kappa shape index (κ2) is 5.64. The third-order valence-corrected chi connectivity index (χ3v) is 4.68. The molecule has 2 saturated heterocycles. The summed E-state index contributed by atoms with van der Waals surface area (Å²) >= 11 is 0. The zero-order valence-corrected chi connectivity index (χ0v) is 12.5. The molecule has 0 amide bonds. The van der Waals surface area contributed by atoms with E-state index in [2.05, 4.69) is 37.1 Å². The summed E-state index contributed by atoms with van der Waals surface area (Å²) in [5, 5.41) is 0. The first kappa shape index (κ1) is 13.9. The van der Waals surface area contributed by atoms with E-state index < -0.39 is 0 Å². The minimum Gasteiger partial charge on any atom is -0.375 e. The molecule has 0 saturated carbocycles. The SMILES string of the molecule is C=C(C1CCN(C(C)(C)C)CC1)N1CCCCC1. The zero-order chi connectivity index (χ0) is 13.2. The Kier molecular flexibility index (Phi) is 4.37. The summed E-state index contributed by atoms with van der Waals surface area (Å²) in [6.45, 7) is 16.3. The lowest BCUT2D eigenvalue weighted by Gasteiger charge is -2.43. The molecule has 2 heteroatoms. The van der Waals surface area contributed by atoms with Crippen LogP contribution in [0.3, 0.4) is 0 Å². The van der Waals surface area contributed by atoms with Gasteiger partial charge < -0.3 is 4.90 Å². The molecule has 2 nitrogen and oxygen atoms in total. The van der Waals surface area contributed by atoms with Crippen LogP contribution in [-0.2, 0) is 0 Å². The van der Waals surface area contributed by atoms with E-state index in [1.165, 1.54) is 64.0 Å². The fourth-order valence-electron chi connectivity index (χ4n) is 3.32. The van der Waals surface area contributed by atoms with Crippen molar-refractivity contribution in [3.8, 4) is 0 Å². The second-order valence-electron chi connectivity index (χ2n) is 6.97. The van der Waals surface area contributed by atoms with Crippen molar-refractivity contribution in [3.63, 3.8) is 0 Å². The molecule has 2 aliphatic heterocycles. The lowest BCUT2D eigenvalue weighted by atomic mass is 9.90. The molecule has 18 heavy (non-hydrogen) atoms. The number of hydrogen-bond donors (Lipinski definition) is 0. The summed E-state index contributed by atoms with van der Waals surface area (Å²) in [7, 11) is 0. The van der Waals surface area contributed by atoms with Crippen LogP contribution in [-0.4, -0.2) is 41.5 Å². The molecule has 2 rings (SSSR count). The number of nitrogens with zero attached hydrogens (tertiary/aromatic N) is 2. The molecule has 0 aromatic carbocycles. The highest BCUT2D eigenvalue weighted by Crippen LogP contribution is 2.30. The standard InChI is InChI=1S/C16H30N2/c1-14(17-10-6-5-7-11-17)15-8-12-18(13-9-15)16(2,3)4/h15H,1,5-13H2,2-4H3. The number of likely N-dealkylation sites (tertiary alicyclic amines) is 2. The normalized spacial score (nSPS) is 24.3. The highest BCUT2D eigenvalue weighted by molar-refractivity contribution is 5.03. The number of hydrogen-bond acceptors (Lipinski definition) is 2. The van der Waals surface area contributed by atoms with Crippen molar-refractivity contribution < 1.29 is 0 Å². The van der Waals surface area contributed by atoms with Crippen LogP contribution in [0.2, 0.25) is 0 Å². The molecule has 2 fully saturated rings. The first-order valence-corrected chi connectivity index (χ1v) is 7.67. The van der Waals surface area contributed by atoms with Crippen LogP contribution in [0.5, 0.6) is 0 Å². The monoisotopic (exact) mass is 250 g/mol. The average Bonchev–Trinajstić information content (AvgIpc) is 2.38. The summed E-state index contributed by atoms with van der Waals surface area (Å²) in [6.07, 6.45) is 6.73. The van der Waals surface area contributed by atoms with Gasteiger partial charge in [-0.3, -0.25) is 4.90 Å². The highest BCUT2D eigenvalue weighted by Gasteiger charge is 2.29. The molecular formula is C16H30N2. The van der Waals surface area contributed by atoms with E-state index >= 15 is 0 Å². The summed E-state index contributed by atoms with van der Waals surface area (Å²) in [5.74, 6) is 0.738. The molecule has 0 radical (unpaired) electrons. The molecular weight excluding hydrogens is 220 g/mol. The van der Waals surface area contributed by atoms with Crippen molar-refractivity contribution in [2.24, 2.45) is 5.92 Å². The maximum absolute atomic E-state index is 4.40. The molecule has 0 aromatic rings. The predicted molar refractivity (Wildman–Crippen MR) is 78.6 cm³/mol. The van der Waals surface area contributed by atoms with Crippen LogP contribution < -0.4 is 0 Å². The summed E-state index contributed by atoms with van der Waals surface area (Å²) < 4.78 is 0. The van der Waals surface area contributed by atoms with Gasteiger partial charge >= 0.3 is 0 Å². The molecule has 0 atom stereocenters. The third-order valence-electron chi connectivity index (χ3n) is 4.68. The van der Waals surface area contributed by atoms with Gasteiger partial charge in [-0.15, -0.1) is 0 Å². The van der Waals surface area contributed by atoms with Gasteiger partial charge in [-0.05, 0) is 66.0 Å². The number of allylic oxidation sites excluding steroid dienone is 1. The van der Waals surface area contributed by atoms with Crippen molar-refractivity contribution in [1.82, 2.24) is 9.80 Å². The van der Waals surface area contributed by atoms with Gasteiger partial charge in [0.2, 0.25) is 0 Å². The van der Waals surface area contributed by atoms with Gasteiger partial charge in [0.15, 0.2) is 0 Å². The number of piperidine rings is 2. The van der Waals surface area contributed by atoms with Gasteiger partial charge in [-0.2, -0.15) is 0 Å². The van der Waals surface area contributed by atoms with Crippen molar-refractivity contribution in [3.05, 3.63) is 12.3 Å². The molecule has 2 heterocycles. The lowest BCUT2D eigenvalue weighted by Crippen LogP contribution is -2.47. The Labute approximate surface area is 113 Å². The quantitative estimate of drug-likeness (QED) is 0.740. The Morgan fingerprint density at radius 3 is 2.00 bits per heavy atom. The second-order valence-corrected chi connectivity index (χ2v) is 6.97. The Hall–Kier alpha value is -0.500. The minimum atomic E-state index is 0.331. The van der Waals surface area contributed by atoms with Crippen molar-refractivity contribution in [1.29, 1.82) is 0 Å². The Morgan fingerprint density at radius 2 is 1.50 bits per heavy atom. The fourth-order valence-corrected chi connectivity index (χ4v) is 3.32. The van der Waals surface area contributed by atoms with Crippen LogP contribution >= 0.6 is 0 Å². The summed E-state index contributed by atoms with van der Waals surface area (Å²) in [5.41, 5.74) is 1.76. The van der Waals surface area contributed by atoms with Crippen LogP contribution in [0.25, 0.3) is 0 Å². The molecule has 0 spiro atoms. The van der Waals surface area contributed by atoms with Crippen LogP contribution in [0, 0.1) is 5.92 Å². The van der Waals surface area contributed by atoms with Gasteiger partial charge in [0, 0.05) is 30.2 Å². The molecule has 0 aliphatic carbocycles. The molecule has 104 valence electrons. The minimum absolute atomic E-state index is 0.331. The molecule has 0 N–H and O–H groups in total. The highest BCUT2D eigenvalue weighted by atomic mass is 15.2. The number of rotatable bonds is 2. The molecule has 2 aliphatic rings. The van der Waals surface area contributed by atoms with Gasteiger partial charge in [0.1, 0.15) is 0 Å². The van der Waals surface area contributed by atoms with Crippen LogP contribution in [0.4, 0.5) is 0 Å². The van der Waals surface area contributed by atoms with E-state index in [9.17, 15) is 0 Å². The first-order chi connectivity index (χ1) is 8.48. The Balaban J connectivity index is 1.83. The zero-order valence-electron chi connectivity index (χ0n) is 12.5. The lowest BCUT2D eigenvalue weighted by molar-refractivity contribution is 0.0863. The summed E-state index contributed by atoms with van der Waals surface area (Å²) in [4.78, 5) is 5.17. The maximum Gasteiger partial charge on any atom is 0.0174 e. The van der Waals surface area contributed by atoms with Crippen LogP contribution in [0.1, 0.15) is 52.9 Å². The molecule has 0 unspecified atom stereocenters. The van der Waals surface area contributed by atoms with E-state index in [4.69, 9.17) is 0 Å². The van der Waals surface area contributed by atoms with Crippen molar-refractivity contribution >= 4 is 0 Å². The smallest absolute Gasteiger partial charge is 0.0174 e. The fraction of sp³-hybridized carbons (Fsp3) is 0.875. The van der Waals surface area contributed by atoms with Crippen LogP contribution in [0.15, 0.2) is 12.3 Å². The van der Waals surface area contributed by atoms with Gasteiger partial charge in [-0.1, -0.05) is 6.58 Å². The van der Waals surface area contributed by atoms with Gasteiger partial charge in [0.25, 0.3) is 0 Å². The Bertz CT molecular complexity index is 276. The maximum atomic E-state index is 4.40.